The summed E-state index contributed by atoms with van der Waals surface area (Å²) < 4.78 is 38.1. The number of halogens is 3. The van der Waals surface area contributed by atoms with Crippen molar-refractivity contribution in [3.63, 3.8) is 0 Å². The number of carbonyl (C=O) groups excluding carboxylic acids is 1. The number of amides is 1. The molecule has 0 aromatic heterocycles. The van der Waals surface area contributed by atoms with Gasteiger partial charge in [-0.05, 0) is 61.8 Å². The highest BCUT2D eigenvalue weighted by Crippen LogP contribution is 2.42. The van der Waals surface area contributed by atoms with Gasteiger partial charge < -0.3 is 10.6 Å². The Bertz CT molecular complexity index is 869. The summed E-state index contributed by atoms with van der Waals surface area (Å²) in [6.07, 6.45) is -1.77. The van der Waals surface area contributed by atoms with Crippen LogP contribution in [0.3, 0.4) is 0 Å². The molecular weight excluding hydrogens is 389 g/mol. The Morgan fingerprint density at radius 3 is 2.27 bits per heavy atom. The summed E-state index contributed by atoms with van der Waals surface area (Å²) >= 11 is 0. The van der Waals surface area contributed by atoms with Gasteiger partial charge in [-0.1, -0.05) is 55.2 Å². The van der Waals surface area contributed by atoms with Crippen molar-refractivity contribution in [2.45, 2.75) is 78.2 Å². The van der Waals surface area contributed by atoms with Gasteiger partial charge in [-0.3, -0.25) is 4.79 Å². The maximum Gasteiger partial charge on any atom is 0.471 e. The number of hydrogen-bond donors (Lipinski definition) is 2. The van der Waals surface area contributed by atoms with Gasteiger partial charge in [0.1, 0.15) is 0 Å². The van der Waals surface area contributed by atoms with Crippen molar-refractivity contribution in [3.05, 3.63) is 52.1 Å². The number of allylic oxidation sites excluding steroid dienone is 4. The SMILES string of the molecule is CC1=C(C)C(C)C(C)=C1c1ccccc1CN[C@@H]1CCCC[C@H]1NC(=O)C(F)(F)F. The smallest absolute Gasteiger partial charge is 0.344 e. The normalized spacial score (nSPS) is 25.1. The van der Waals surface area contributed by atoms with Crippen molar-refractivity contribution in [3.8, 4) is 0 Å². The summed E-state index contributed by atoms with van der Waals surface area (Å²) in [7, 11) is 0. The van der Waals surface area contributed by atoms with E-state index in [0.29, 0.717) is 18.9 Å². The average molecular weight is 421 g/mol. The molecule has 2 N–H and O–H groups in total. The number of benzene rings is 1. The third-order valence-corrected chi connectivity index (χ3v) is 6.84. The molecule has 0 heterocycles. The van der Waals surface area contributed by atoms with Gasteiger partial charge in [-0.2, -0.15) is 13.2 Å². The van der Waals surface area contributed by atoms with Crippen LogP contribution in [0.1, 0.15) is 64.5 Å². The number of rotatable bonds is 5. The van der Waals surface area contributed by atoms with Gasteiger partial charge in [-0.25, -0.2) is 0 Å². The molecule has 0 spiro atoms. The van der Waals surface area contributed by atoms with E-state index in [1.165, 1.54) is 27.9 Å². The highest BCUT2D eigenvalue weighted by Gasteiger charge is 2.41. The van der Waals surface area contributed by atoms with Gasteiger partial charge in [0.05, 0.1) is 0 Å². The molecule has 1 saturated carbocycles. The Balaban J connectivity index is 1.77. The van der Waals surface area contributed by atoms with Crippen LogP contribution in [0, 0.1) is 5.92 Å². The zero-order valence-electron chi connectivity index (χ0n) is 18.1. The Morgan fingerprint density at radius 2 is 1.67 bits per heavy atom. The Labute approximate surface area is 176 Å². The molecule has 0 aliphatic heterocycles. The van der Waals surface area contributed by atoms with Gasteiger partial charge in [-0.15, -0.1) is 0 Å². The molecule has 1 unspecified atom stereocenters. The van der Waals surface area contributed by atoms with Gasteiger partial charge in [0.15, 0.2) is 0 Å². The lowest BCUT2D eigenvalue weighted by Crippen LogP contribution is -2.54. The van der Waals surface area contributed by atoms with Crippen LogP contribution in [0.4, 0.5) is 13.2 Å². The van der Waals surface area contributed by atoms with Gasteiger partial charge in [0.25, 0.3) is 0 Å². The van der Waals surface area contributed by atoms with Crippen LogP contribution in [-0.4, -0.2) is 24.2 Å². The third kappa shape index (κ3) is 4.64. The van der Waals surface area contributed by atoms with E-state index >= 15 is 0 Å². The fourth-order valence-electron chi connectivity index (χ4n) is 4.73. The number of nitrogens with one attached hydrogen (secondary N) is 2. The second-order valence-corrected chi connectivity index (χ2v) is 8.59. The van der Waals surface area contributed by atoms with Crippen LogP contribution in [0.5, 0.6) is 0 Å². The van der Waals surface area contributed by atoms with Gasteiger partial charge in [0, 0.05) is 18.6 Å². The zero-order chi connectivity index (χ0) is 22.1. The highest BCUT2D eigenvalue weighted by molar-refractivity contribution is 5.86. The molecular formula is C24H31F3N2O. The van der Waals surface area contributed by atoms with Crippen molar-refractivity contribution in [2.75, 3.05) is 0 Å². The van der Waals surface area contributed by atoms with Crippen molar-refractivity contribution in [1.29, 1.82) is 0 Å². The first kappa shape index (κ1) is 22.6. The second-order valence-electron chi connectivity index (χ2n) is 8.59. The van der Waals surface area contributed by atoms with E-state index in [1.54, 1.807) is 0 Å². The van der Waals surface area contributed by atoms with Crippen molar-refractivity contribution in [1.82, 2.24) is 10.6 Å². The van der Waals surface area contributed by atoms with E-state index < -0.39 is 18.1 Å². The summed E-state index contributed by atoms with van der Waals surface area (Å²) in [5, 5.41) is 5.64. The Morgan fingerprint density at radius 1 is 1.03 bits per heavy atom. The monoisotopic (exact) mass is 420 g/mol. The summed E-state index contributed by atoms with van der Waals surface area (Å²) in [6.45, 7) is 9.28. The zero-order valence-corrected chi connectivity index (χ0v) is 18.1. The van der Waals surface area contributed by atoms with E-state index in [1.807, 2.05) is 12.1 Å². The molecule has 3 rings (SSSR count). The molecule has 30 heavy (non-hydrogen) atoms. The number of hydrogen-bond acceptors (Lipinski definition) is 2. The maximum absolute atomic E-state index is 12.7. The van der Waals surface area contributed by atoms with E-state index in [9.17, 15) is 18.0 Å². The standard InChI is InChI=1S/C24H31F3N2O/c1-14-15(2)17(4)22(16(14)3)19-10-6-5-9-18(19)13-28-20-11-7-8-12-21(20)29-23(30)24(25,26)27/h5-6,9-10,14,20-21,28H,7-8,11-13H2,1-4H3,(H,29,30)/t14?,20-,21-/m1/s1. The van der Waals surface area contributed by atoms with Crippen LogP contribution in [0.2, 0.25) is 0 Å². The fourth-order valence-corrected chi connectivity index (χ4v) is 4.73. The molecule has 0 saturated heterocycles. The summed E-state index contributed by atoms with van der Waals surface area (Å²) in [4.78, 5) is 11.4. The molecule has 0 bridgehead atoms. The van der Waals surface area contributed by atoms with E-state index in [4.69, 9.17) is 0 Å². The molecule has 1 aromatic carbocycles. The van der Waals surface area contributed by atoms with E-state index in [2.05, 4.69) is 50.5 Å². The van der Waals surface area contributed by atoms with Crippen LogP contribution >= 0.6 is 0 Å². The minimum absolute atomic E-state index is 0.172. The predicted molar refractivity (Wildman–Crippen MR) is 114 cm³/mol. The first-order valence-corrected chi connectivity index (χ1v) is 10.7. The van der Waals surface area contributed by atoms with E-state index in [0.717, 1.165) is 24.8 Å². The van der Waals surface area contributed by atoms with Crippen LogP contribution < -0.4 is 10.6 Å². The van der Waals surface area contributed by atoms with Crippen LogP contribution in [0.15, 0.2) is 41.0 Å². The minimum Gasteiger partial charge on any atom is -0.344 e. The molecule has 1 aromatic rings. The summed E-state index contributed by atoms with van der Waals surface area (Å²) in [6, 6.07) is 7.53. The second kappa shape index (κ2) is 8.96. The third-order valence-electron chi connectivity index (χ3n) is 6.84. The van der Waals surface area contributed by atoms with Gasteiger partial charge >= 0.3 is 12.1 Å². The summed E-state index contributed by atoms with van der Waals surface area (Å²) in [5.41, 5.74) is 7.62. The average Bonchev–Trinajstić information content (AvgIpc) is 2.90. The fraction of sp³-hybridized carbons (Fsp3) is 0.542. The molecule has 3 nitrogen and oxygen atoms in total. The van der Waals surface area contributed by atoms with Crippen LogP contribution in [-0.2, 0) is 11.3 Å². The van der Waals surface area contributed by atoms with Gasteiger partial charge in [0.2, 0.25) is 0 Å². The number of carbonyl (C=O) groups is 1. The lowest BCUT2D eigenvalue weighted by molar-refractivity contribution is -0.174. The van der Waals surface area contributed by atoms with Crippen LogP contribution in [0.25, 0.3) is 5.57 Å². The largest absolute Gasteiger partial charge is 0.471 e. The van der Waals surface area contributed by atoms with Crippen molar-refractivity contribution >= 4 is 11.5 Å². The van der Waals surface area contributed by atoms with E-state index in [-0.39, 0.29) is 6.04 Å². The quantitative estimate of drug-likeness (QED) is 0.658. The first-order valence-electron chi connectivity index (χ1n) is 10.7. The lowest BCUT2D eigenvalue weighted by Gasteiger charge is -2.33. The topological polar surface area (TPSA) is 41.1 Å². The highest BCUT2D eigenvalue weighted by atomic mass is 19.4. The van der Waals surface area contributed by atoms with Crippen molar-refractivity contribution < 1.29 is 18.0 Å². The first-order chi connectivity index (χ1) is 14.1. The number of alkyl halides is 3. The molecule has 6 heteroatoms. The Kier molecular flexibility index (Phi) is 6.75. The molecule has 0 radical (unpaired) electrons. The molecule has 164 valence electrons. The molecule has 2 aliphatic carbocycles. The molecule has 2 aliphatic rings. The molecule has 3 atom stereocenters. The maximum atomic E-state index is 12.7. The summed E-state index contributed by atoms with van der Waals surface area (Å²) in [5.74, 6) is -1.43. The Hall–Kier alpha value is -2.08. The minimum atomic E-state index is -4.85. The predicted octanol–water partition coefficient (Wildman–Crippen LogP) is 5.53. The molecule has 1 amide bonds. The lowest BCUT2D eigenvalue weighted by atomic mass is 9.89. The molecule has 1 fully saturated rings. The van der Waals surface area contributed by atoms with Crippen molar-refractivity contribution in [2.24, 2.45) is 5.92 Å².